The maximum Gasteiger partial charge on any atom is 0.248 e. The zero-order valence-corrected chi connectivity index (χ0v) is 18.3. The summed E-state index contributed by atoms with van der Waals surface area (Å²) in [5, 5.41) is 0. The average Bonchev–Trinajstić information content (AvgIpc) is 3.26. The number of benzene rings is 2. The van der Waals surface area contributed by atoms with E-state index in [1.54, 1.807) is 0 Å². The predicted octanol–water partition coefficient (Wildman–Crippen LogP) is 3.98. The van der Waals surface area contributed by atoms with E-state index in [0.717, 1.165) is 38.0 Å². The fourth-order valence-electron chi connectivity index (χ4n) is 4.95. The number of amides is 1. The number of carbonyl (C=O) groups excluding carboxylic acids is 1. The molecule has 2 N–H and O–H groups in total. The largest absolute Gasteiger partial charge is 0.366 e. The summed E-state index contributed by atoms with van der Waals surface area (Å²) in [5.74, 6) is 0.271. The lowest BCUT2D eigenvalue weighted by Crippen LogP contribution is -2.29. The summed E-state index contributed by atoms with van der Waals surface area (Å²) in [6.07, 6.45) is 6.81. The molecule has 0 radical (unpaired) electrons. The zero-order chi connectivity index (χ0) is 20.9. The van der Waals surface area contributed by atoms with Crippen LogP contribution >= 0.6 is 0 Å². The minimum atomic E-state index is -0.319. The molecule has 4 rings (SSSR count). The first-order valence-electron chi connectivity index (χ1n) is 11.5. The highest BCUT2D eigenvalue weighted by atomic mass is 16.1. The molecular weight excluding hydrogens is 370 g/mol. The summed E-state index contributed by atoms with van der Waals surface area (Å²) in [5.41, 5.74) is 11.5. The number of hydrogen-bond donors (Lipinski definition) is 1. The minimum Gasteiger partial charge on any atom is -0.366 e. The van der Waals surface area contributed by atoms with E-state index in [-0.39, 0.29) is 5.91 Å². The van der Waals surface area contributed by atoms with Crippen LogP contribution in [-0.2, 0) is 19.4 Å². The smallest absolute Gasteiger partial charge is 0.248 e. The number of primary amides is 1. The molecule has 2 aliphatic heterocycles. The van der Waals surface area contributed by atoms with Gasteiger partial charge in [0.05, 0.1) is 0 Å². The van der Waals surface area contributed by atoms with E-state index >= 15 is 0 Å². The van der Waals surface area contributed by atoms with Crippen LogP contribution in [0.5, 0.6) is 0 Å². The maximum atomic E-state index is 12.0. The van der Waals surface area contributed by atoms with Crippen molar-refractivity contribution in [2.45, 2.75) is 51.0 Å². The maximum absolute atomic E-state index is 12.0. The highest BCUT2D eigenvalue weighted by Crippen LogP contribution is 2.29. The Labute approximate surface area is 181 Å². The van der Waals surface area contributed by atoms with Gasteiger partial charge in [-0.25, -0.2) is 0 Å². The van der Waals surface area contributed by atoms with Gasteiger partial charge in [-0.15, -0.1) is 0 Å². The number of piperidine rings is 1. The lowest BCUT2D eigenvalue weighted by atomic mass is 9.86. The standard InChI is InChI=1S/C26H35N3O/c1-28-16-12-22(13-17-28)23-10-11-25(26(27)30)24(18-23)9-8-20-4-6-21(7-5-20)19-29-14-2-3-15-29/h4-7,10-11,18,22H,2-3,8-9,12-17,19H2,1H3,(H2,27,30). The van der Waals surface area contributed by atoms with Gasteiger partial charge in [-0.3, -0.25) is 9.69 Å². The van der Waals surface area contributed by atoms with E-state index in [0.29, 0.717) is 11.5 Å². The van der Waals surface area contributed by atoms with Crippen molar-refractivity contribution >= 4 is 5.91 Å². The van der Waals surface area contributed by atoms with Gasteiger partial charge < -0.3 is 10.6 Å². The molecular formula is C26H35N3O. The topological polar surface area (TPSA) is 49.6 Å². The van der Waals surface area contributed by atoms with E-state index in [9.17, 15) is 4.79 Å². The van der Waals surface area contributed by atoms with E-state index in [1.165, 1.54) is 55.5 Å². The predicted molar refractivity (Wildman–Crippen MR) is 123 cm³/mol. The van der Waals surface area contributed by atoms with Gasteiger partial charge in [0.15, 0.2) is 0 Å². The summed E-state index contributed by atoms with van der Waals surface area (Å²) in [6, 6.07) is 15.3. The molecule has 2 saturated heterocycles. The van der Waals surface area contributed by atoms with Gasteiger partial charge >= 0.3 is 0 Å². The number of nitrogens with two attached hydrogens (primary N) is 1. The molecule has 2 aromatic rings. The fraction of sp³-hybridized carbons (Fsp3) is 0.500. The van der Waals surface area contributed by atoms with E-state index in [2.05, 4.69) is 53.2 Å². The van der Waals surface area contributed by atoms with E-state index < -0.39 is 0 Å². The van der Waals surface area contributed by atoms with Crippen LogP contribution in [0.25, 0.3) is 0 Å². The number of likely N-dealkylation sites (tertiary alicyclic amines) is 2. The molecule has 2 aromatic carbocycles. The van der Waals surface area contributed by atoms with Gasteiger partial charge in [-0.2, -0.15) is 0 Å². The van der Waals surface area contributed by atoms with E-state index in [1.807, 2.05) is 6.07 Å². The van der Waals surface area contributed by atoms with Crippen LogP contribution in [0.4, 0.5) is 0 Å². The van der Waals surface area contributed by atoms with Crippen molar-refractivity contribution in [2.24, 2.45) is 5.73 Å². The fourth-order valence-corrected chi connectivity index (χ4v) is 4.95. The zero-order valence-electron chi connectivity index (χ0n) is 18.3. The van der Waals surface area contributed by atoms with Crippen molar-refractivity contribution in [3.63, 3.8) is 0 Å². The number of hydrogen-bond acceptors (Lipinski definition) is 3. The van der Waals surface area contributed by atoms with Crippen LogP contribution in [0.1, 0.15) is 64.2 Å². The Bertz CT molecular complexity index is 847. The summed E-state index contributed by atoms with van der Waals surface area (Å²) in [4.78, 5) is 16.9. The summed E-state index contributed by atoms with van der Waals surface area (Å²) < 4.78 is 0. The van der Waals surface area contributed by atoms with E-state index in [4.69, 9.17) is 5.73 Å². The van der Waals surface area contributed by atoms with Gasteiger partial charge in [0.25, 0.3) is 0 Å². The monoisotopic (exact) mass is 405 g/mol. The molecule has 1 amide bonds. The molecule has 160 valence electrons. The average molecular weight is 406 g/mol. The lowest BCUT2D eigenvalue weighted by Gasteiger charge is -2.29. The molecule has 30 heavy (non-hydrogen) atoms. The summed E-state index contributed by atoms with van der Waals surface area (Å²) in [6.45, 7) is 5.80. The SMILES string of the molecule is CN1CCC(c2ccc(C(N)=O)c(CCc3ccc(CN4CCCC4)cc3)c2)CC1. The second-order valence-electron chi connectivity index (χ2n) is 9.16. The van der Waals surface area contributed by atoms with Crippen LogP contribution in [0.2, 0.25) is 0 Å². The van der Waals surface area contributed by atoms with Crippen molar-refractivity contribution in [1.29, 1.82) is 0 Å². The molecule has 0 bridgehead atoms. The van der Waals surface area contributed by atoms with Gasteiger partial charge in [0.2, 0.25) is 5.91 Å². The first-order valence-corrected chi connectivity index (χ1v) is 11.5. The lowest BCUT2D eigenvalue weighted by molar-refractivity contribution is 0.0999. The Morgan fingerprint density at radius 3 is 2.27 bits per heavy atom. The van der Waals surface area contributed by atoms with Gasteiger partial charge in [0.1, 0.15) is 0 Å². The third kappa shape index (κ3) is 5.30. The second-order valence-corrected chi connectivity index (χ2v) is 9.16. The van der Waals surface area contributed by atoms with Crippen molar-refractivity contribution in [3.05, 3.63) is 70.3 Å². The van der Waals surface area contributed by atoms with Gasteiger partial charge in [0, 0.05) is 12.1 Å². The summed E-state index contributed by atoms with van der Waals surface area (Å²) in [7, 11) is 2.19. The summed E-state index contributed by atoms with van der Waals surface area (Å²) >= 11 is 0. The normalized spacial score (nSPS) is 18.7. The molecule has 2 aliphatic rings. The number of aryl methyl sites for hydroxylation is 2. The molecule has 2 fully saturated rings. The number of nitrogens with zero attached hydrogens (tertiary/aromatic N) is 2. The van der Waals surface area contributed by atoms with Crippen molar-refractivity contribution in [1.82, 2.24) is 9.80 Å². The molecule has 0 aromatic heterocycles. The van der Waals surface area contributed by atoms with Crippen molar-refractivity contribution in [2.75, 3.05) is 33.2 Å². The molecule has 0 aliphatic carbocycles. The quantitative estimate of drug-likeness (QED) is 0.758. The number of carbonyl (C=O) groups is 1. The molecule has 4 heteroatoms. The minimum absolute atomic E-state index is 0.319. The molecule has 4 nitrogen and oxygen atoms in total. The highest BCUT2D eigenvalue weighted by Gasteiger charge is 2.20. The Hall–Kier alpha value is -2.17. The Morgan fingerprint density at radius 1 is 0.933 bits per heavy atom. The van der Waals surface area contributed by atoms with Gasteiger partial charge in [-0.1, -0.05) is 36.4 Å². The Balaban J connectivity index is 1.42. The molecule has 2 heterocycles. The second kappa shape index (κ2) is 9.76. The third-order valence-corrected chi connectivity index (χ3v) is 6.90. The van der Waals surface area contributed by atoms with Crippen LogP contribution in [-0.4, -0.2) is 48.9 Å². The first kappa shape index (κ1) is 21.1. The Kier molecular flexibility index (Phi) is 6.86. The van der Waals surface area contributed by atoms with Crippen LogP contribution < -0.4 is 5.73 Å². The Morgan fingerprint density at radius 2 is 1.60 bits per heavy atom. The van der Waals surface area contributed by atoms with Crippen molar-refractivity contribution < 1.29 is 4.79 Å². The van der Waals surface area contributed by atoms with Crippen LogP contribution in [0.3, 0.4) is 0 Å². The molecule has 0 spiro atoms. The molecule has 0 saturated carbocycles. The third-order valence-electron chi connectivity index (χ3n) is 6.90. The highest BCUT2D eigenvalue weighted by molar-refractivity contribution is 5.94. The number of rotatable bonds is 7. The molecule has 0 atom stereocenters. The van der Waals surface area contributed by atoms with Crippen molar-refractivity contribution in [3.8, 4) is 0 Å². The van der Waals surface area contributed by atoms with Crippen LogP contribution in [0.15, 0.2) is 42.5 Å². The van der Waals surface area contributed by atoms with Crippen LogP contribution in [0, 0.1) is 0 Å². The molecule has 0 unspecified atom stereocenters. The van der Waals surface area contributed by atoms with Gasteiger partial charge in [-0.05, 0) is 106 Å². The first-order chi connectivity index (χ1) is 14.6.